The van der Waals surface area contributed by atoms with Crippen LogP contribution in [0.5, 0.6) is 0 Å². The largest absolute Gasteiger partial charge is 0.305 e. The first kappa shape index (κ1) is 17.3. The molecule has 5 nitrogen and oxygen atoms in total. The third kappa shape index (κ3) is 4.29. The molecule has 6 heteroatoms. The second-order valence-corrected chi connectivity index (χ2v) is 6.94. The topological polar surface area (TPSA) is 58.1 Å². The smallest absolute Gasteiger partial charge is 0.276 e. The van der Waals surface area contributed by atoms with E-state index in [4.69, 9.17) is 0 Å². The summed E-state index contributed by atoms with van der Waals surface area (Å²) < 4.78 is 0. The zero-order valence-electron chi connectivity index (χ0n) is 14.5. The van der Waals surface area contributed by atoms with E-state index in [0.717, 1.165) is 17.8 Å². The summed E-state index contributed by atoms with van der Waals surface area (Å²) >= 11 is 1.41. The molecule has 1 amide bonds. The first-order valence-electron chi connectivity index (χ1n) is 7.95. The van der Waals surface area contributed by atoms with Crippen molar-refractivity contribution < 1.29 is 4.79 Å². The molecule has 2 heterocycles. The third-order valence-corrected chi connectivity index (χ3v) is 4.51. The highest BCUT2D eigenvalue weighted by Gasteiger charge is 2.11. The molecule has 0 aliphatic heterocycles. The van der Waals surface area contributed by atoms with Gasteiger partial charge in [-0.2, -0.15) is 0 Å². The number of hydrogen-bond donors (Lipinski definition) is 1. The lowest BCUT2D eigenvalue weighted by molar-refractivity contribution is 0.102. The van der Waals surface area contributed by atoms with Gasteiger partial charge >= 0.3 is 0 Å². The lowest BCUT2D eigenvalue weighted by atomic mass is 10.0. The number of nitrogens with zero attached hydrogens (tertiary/aromatic N) is 3. The lowest BCUT2D eigenvalue weighted by Crippen LogP contribution is -2.13. The lowest BCUT2D eigenvalue weighted by Gasteiger charge is -2.13. The number of aryl methyl sites for hydroxylation is 1. The molecule has 0 spiro atoms. The molecular formula is C19H20N4OS. The van der Waals surface area contributed by atoms with Crippen molar-refractivity contribution in [1.29, 1.82) is 0 Å². The maximum Gasteiger partial charge on any atom is 0.276 e. The fourth-order valence-electron chi connectivity index (χ4n) is 2.46. The molecule has 0 saturated heterocycles. The minimum absolute atomic E-state index is 0.251. The Bertz CT molecular complexity index is 874. The number of nitrogens with one attached hydrogen (secondary N) is 1. The number of aromatic nitrogens is 2. The first-order chi connectivity index (χ1) is 12.0. The summed E-state index contributed by atoms with van der Waals surface area (Å²) in [6.45, 7) is 3.00. The van der Waals surface area contributed by atoms with Gasteiger partial charge in [-0.05, 0) is 50.3 Å². The van der Waals surface area contributed by atoms with Crippen LogP contribution in [0.2, 0.25) is 0 Å². The van der Waals surface area contributed by atoms with Gasteiger partial charge in [0.15, 0.2) is 5.13 Å². The van der Waals surface area contributed by atoms with E-state index in [1.807, 2.05) is 5.38 Å². The van der Waals surface area contributed by atoms with Crippen molar-refractivity contribution in [3.05, 3.63) is 64.8 Å². The van der Waals surface area contributed by atoms with Gasteiger partial charge in [-0.25, -0.2) is 4.98 Å². The molecule has 2 aromatic heterocycles. The number of carbonyl (C=O) groups is 1. The van der Waals surface area contributed by atoms with E-state index in [9.17, 15) is 4.79 Å². The van der Waals surface area contributed by atoms with Crippen molar-refractivity contribution >= 4 is 22.4 Å². The van der Waals surface area contributed by atoms with Gasteiger partial charge in [-0.3, -0.25) is 15.1 Å². The third-order valence-electron chi connectivity index (χ3n) is 3.75. The highest BCUT2D eigenvalue weighted by atomic mass is 32.1. The molecule has 3 rings (SSSR count). The highest BCUT2D eigenvalue weighted by Crippen LogP contribution is 2.27. The molecule has 0 aliphatic carbocycles. The number of anilines is 1. The number of amides is 1. The molecule has 128 valence electrons. The van der Waals surface area contributed by atoms with Gasteiger partial charge in [0.25, 0.3) is 5.91 Å². The molecule has 3 aromatic rings. The van der Waals surface area contributed by atoms with E-state index < -0.39 is 0 Å². The fraction of sp³-hybridized carbons (Fsp3) is 0.211. The number of carbonyl (C=O) groups excluding carboxylic acids is 1. The summed E-state index contributed by atoms with van der Waals surface area (Å²) in [6.07, 6.45) is 1.60. The van der Waals surface area contributed by atoms with Gasteiger partial charge in [0.05, 0.1) is 5.69 Å². The van der Waals surface area contributed by atoms with Gasteiger partial charge in [-0.15, -0.1) is 11.3 Å². The van der Waals surface area contributed by atoms with Crippen LogP contribution in [0.25, 0.3) is 11.3 Å². The molecule has 1 aromatic carbocycles. The van der Waals surface area contributed by atoms with Gasteiger partial charge in [0, 0.05) is 23.7 Å². The summed E-state index contributed by atoms with van der Waals surface area (Å²) in [5, 5.41) is 5.33. The van der Waals surface area contributed by atoms with Crippen LogP contribution in [0.4, 0.5) is 5.13 Å². The Kier molecular flexibility index (Phi) is 5.21. The molecule has 0 bridgehead atoms. The van der Waals surface area contributed by atoms with E-state index in [0.29, 0.717) is 10.8 Å². The van der Waals surface area contributed by atoms with Gasteiger partial charge in [0.2, 0.25) is 0 Å². The van der Waals surface area contributed by atoms with Crippen molar-refractivity contribution in [2.75, 3.05) is 19.4 Å². The zero-order valence-corrected chi connectivity index (χ0v) is 15.3. The van der Waals surface area contributed by atoms with Crippen LogP contribution >= 0.6 is 11.3 Å². The summed E-state index contributed by atoms with van der Waals surface area (Å²) in [5.41, 5.74) is 4.83. The van der Waals surface area contributed by atoms with Crippen LogP contribution in [0.3, 0.4) is 0 Å². The molecule has 0 atom stereocenters. The number of thiazole rings is 1. The quantitative estimate of drug-likeness (QED) is 0.758. The van der Waals surface area contributed by atoms with E-state index in [2.05, 4.69) is 59.4 Å². The Morgan fingerprint density at radius 1 is 1.24 bits per heavy atom. The first-order valence-corrected chi connectivity index (χ1v) is 8.83. The van der Waals surface area contributed by atoms with Crippen LogP contribution in [0.1, 0.15) is 21.6 Å². The average molecular weight is 352 g/mol. The average Bonchev–Trinajstić information content (AvgIpc) is 3.05. The van der Waals surface area contributed by atoms with Crippen LogP contribution < -0.4 is 5.32 Å². The Hall–Kier alpha value is -2.57. The minimum atomic E-state index is -0.251. The number of hydrogen-bond acceptors (Lipinski definition) is 5. The predicted molar refractivity (Wildman–Crippen MR) is 102 cm³/mol. The molecule has 0 unspecified atom stereocenters. The number of benzene rings is 1. The second-order valence-electron chi connectivity index (χ2n) is 6.09. The number of pyridine rings is 1. The Morgan fingerprint density at radius 2 is 2.08 bits per heavy atom. The zero-order chi connectivity index (χ0) is 17.8. The van der Waals surface area contributed by atoms with Gasteiger partial charge in [-0.1, -0.05) is 18.2 Å². The standard InChI is InChI=1S/C19H20N4OS/c1-13-7-8-14(10-15(13)11-23(2)3)17-12-25-19(21-17)22-18(24)16-6-4-5-9-20-16/h4-10,12H,11H2,1-3H3,(H,21,22,24). The van der Waals surface area contributed by atoms with E-state index >= 15 is 0 Å². The van der Waals surface area contributed by atoms with Crippen LogP contribution in [0, 0.1) is 6.92 Å². The maximum absolute atomic E-state index is 12.2. The molecule has 0 fully saturated rings. The van der Waals surface area contributed by atoms with Crippen molar-refractivity contribution in [3.63, 3.8) is 0 Å². The fourth-order valence-corrected chi connectivity index (χ4v) is 3.18. The maximum atomic E-state index is 12.2. The molecule has 25 heavy (non-hydrogen) atoms. The van der Waals surface area contributed by atoms with Crippen LogP contribution in [-0.2, 0) is 6.54 Å². The highest BCUT2D eigenvalue weighted by molar-refractivity contribution is 7.14. The minimum Gasteiger partial charge on any atom is -0.305 e. The molecule has 0 aliphatic rings. The van der Waals surface area contributed by atoms with Crippen molar-refractivity contribution in [1.82, 2.24) is 14.9 Å². The van der Waals surface area contributed by atoms with E-state index in [1.165, 1.54) is 22.5 Å². The summed E-state index contributed by atoms with van der Waals surface area (Å²) in [7, 11) is 4.11. The van der Waals surface area contributed by atoms with E-state index in [1.54, 1.807) is 24.4 Å². The van der Waals surface area contributed by atoms with Crippen molar-refractivity contribution in [3.8, 4) is 11.3 Å². The Morgan fingerprint density at radius 3 is 2.80 bits per heavy atom. The normalized spacial score (nSPS) is 10.9. The van der Waals surface area contributed by atoms with Crippen LogP contribution in [-0.4, -0.2) is 34.9 Å². The Labute approximate surface area is 151 Å². The summed E-state index contributed by atoms with van der Waals surface area (Å²) in [4.78, 5) is 22.9. The molecular weight excluding hydrogens is 332 g/mol. The van der Waals surface area contributed by atoms with Gasteiger partial charge < -0.3 is 4.90 Å². The molecule has 1 N–H and O–H groups in total. The number of rotatable bonds is 5. The van der Waals surface area contributed by atoms with Crippen LogP contribution in [0.15, 0.2) is 48.0 Å². The second kappa shape index (κ2) is 7.55. The van der Waals surface area contributed by atoms with E-state index in [-0.39, 0.29) is 5.91 Å². The molecule has 0 radical (unpaired) electrons. The monoisotopic (exact) mass is 352 g/mol. The summed E-state index contributed by atoms with van der Waals surface area (Å²) in [5.74, 6) is -0.251. The van der Waals surface area contributed by atoms with Crippen molar-refractivity contribution in [2.24, 2.45) is 0 Å². The Balaban J connectivity index is 1.78. The van der Waals surface area contributed by atoms with Crippen molar-refractivity contribution in [2.45, 2.75) is 13.5 Å². The summed E-state index contributed by atoms with van der Waals surface area (Å²) in [6, 6.07) is 11.6. The SMILES string of the molecule is Cc1ccc(-c2csc(NC(=O)c3ccccn3)n2)cc1CN(C)C. The van der Waals surface area contributed by atoms with Gasteiger partial charge in [0.1, 0.15) is 5.69 Å². The predicted octanol–water partition coefficient (Wildman–Crippen LogP) is 3.83. The molecule has 0 saturated carbocycles.